The Morgan fingerprint density at radius 1 is 1.03 bits per heavy atom. The molecule has 4 amide bonds. The van der Waals surface area contributed by atoms with Gasteiger partial charge in [-0.05, 0) is 93.6 Å². The molecule has 2 aromatic carbocycles. The second-order valence-electron chi connectivity index (χ2n) is 9.66. The number of benzene rings is 2. The normalized spacial score (nSPS) is 18.7. The van der Waals surface area contributed by atoms with Gasteiger partial charge in [-0.3, -0.25) is 14.9 Å². The number of anilines is 2. The molecule has 176 valence electrons. The molecule has 2 aliphatic rings. The van der Waals surface area contributed by atoms with E-state index in [1.165, 1.54) is 0 Å². The van der Waals surface area contributed by atoms with E-state index in [9.17, 15) is 14.4 Å². The summed E-state index contributed by atoms with van der Waals surface area (Å²) in [6.45, 7) is 13.5. The Hall–Kier alpha value is -3.67. The Balaban J connectivity index is 1.79. The van der Waals surface area contributed by atoms with E-state index < -0.39 is 17.8 Å². The second kappa shape index (κ2) is 8.60. The molecule has 1 fully saturated rings. The van der Waals surface area contributed by atoms with Gasteiger partial charge in [0.05, 0.1) is 11.2 Å². The lowest BCUT2D eigenvalue weighted by Gasteiger charge is -2.43. The molecule has 6 heteroatoms. The average molecular weight is 458 g/mol. The van der Waals surface area contributed by atoms with Gasteiger partial charge in [0, 0.05) is 17.8 Å². The number of carbonyl (C=O) groups is 3. The number of imide groups is 2. The number of amides is 4. The summed E-state index contributed by atoms with van der Waals surface area (Å²) < 4.78 is 0. The standard InChI is InChI=1S/C28H31N3O3/c1-7-11-30-24-13-18(3)20(14-22(24)19(4)16-28(30,5)6)15-23-25(32)29-27(34)31(26(23)33)21-10-8-9-17(2)12-21/h8-10,12-16H,7,11H2,1-6H3,(H,29,32,34)/b23-15-. The van der Waals surface area contributed by atoms with Crippen LogP contribution in [0.5, 0.6) is 0 Å². The zero-order valence-electron chi connectivity index (χ0n) is 20.7. The quantitative estimate of drug-likeness (QED) is 0.494. The molecule has 4 rings (SSSR count). The summed E-state index contributed by atoms with van der Waals surface area (Å²) in [7, 11) is 0. The van der Waals surface area contributed by atoms with Crippen LogP contribution in [-0.2, 0) is 9.59 Å². The van der Waals surface area contributed by atoms with Crippen LogP contribution in [0.4, 0.5) is 16.2 Å². The van der Waals surface area contributed by atoms with Gasteiger partial charge in [-0.25, -0.2) is 9.69 Å². The fourth-order valence-electron chi connectivity index (χ4n) is 4.85. The van der Waals surface area contributed by atoms with Gasteiger partial charge in [0.1, 0.15) is 5.57 Å². The highest BCUT2D eigenvalue weighted by molar-refractivity contribution is 6.39. The Morgan fingerprint density at radius 2 is 1.76 bits per heavy atom. The smallest absolute Gasteiger partial charge is 0.335 e. The molecule has 0 aromatic heterocycles. The number of fused-ring (bicyclic) bond motifs is 1. The molecule has 1 N–H and O–H groups in total. The molecule has 0 unspecified atom stereocenters. The Kier molecular flexibility index (Phi) is 5.94. The first-order valence-corrected chi connectivity index (χ1v) is 11.6. The number of barbiturate groups is 1. The van der Waals surface area contributed by atoms with Gasteiger partial charge in [0.15, 0.2) is 0 Å². The number of carbonyl (C=O) groups excluding carboxylic acids is 3. The van der Waals surface area contributed by atoms with E-state index >= 15 is 0 Å². The lowest BCUT2D eigenvalue weighted by Crippen LogP contribution is -2.54. The molecule has 2 heterocycles. The Morgan fingerprint density at radius 3 is 2.44 bits per heavy atom. The molecule has 0 aliphatic carbocycles. The lowest BCUT2D eigenvalue weighted by atomic mass is 9.86. The Labute approximate surface area is 200 Å². The van der Waals surface area contributed by atoms with Crippen molar-refractivity contribution >= 4 is 40.9 Å². The SMILES string of the molecule is CCCN1c2cc(C)c(/C=C3/C(=O)NC(=O)N(c4cccc(C)c4)C3=O)cc2C(C)=CC1(C)C. The fraction of sp³-hybridized carbons (Fsp3) is 0.321. The first-order valence-electron chi connectivity index (χ1n) is 11.6. The van der Waals surface area contributed by atoms with Gasteiger partial charge in [-0.1, -0.05) is 25.1 Å². The summed E-state index contributed by atoms with van der Waals surface area (Å²) in [5, 5.41) is 2.31. The largest absolute Gasteiger partial charge is 0.362 e. The first kappa shape index (κ1) is 23.5. The third kappa shape index (κ3) is 4.04. The predicted octanol–water partition coefficient (Wildman–Crippen LogP) is 5.38. The molecule has 0 radical (unpaired) electrons. The van der Waals surface area contributed by atoms with Crippen molar-refractivity contribution in [3.05, 3.63) is 70.3 Å². The summed E-state index contributed by atoms with van der Waals surface area (Å²) in [6, 6.07) is 10.5. The highest BCUT2D eigenvalue weighted by Gasteiger charge is 2.37. The van der Waals surface area contributed by atoms with Crippen molar-refractivity contribution in [3.63, 3.8) is 0 Å². The summed E-state index contributed by atoms with van der Waals surface area (Å²) in [5.74, 6) is -1.31. The zero-order valence-corrected chi connectivity index (χ0v) is 20.7. The molecule has 2 aromatic rings. The van der Waals surface area contributed by atoms with Crippen LogP contribution in [0.2, 0.25) is 0 Å². The van der Waals surface area contributed by atoms with Gasteiger partial charge >= 0.3 is 6.03 Å². The van der Waals surface area contributed by atoms with Gasteiger partial charge in [0.2, 0.25) is 0 Å². The monoisotopic (exact) mass is 457 g/mol. The number of urea groups is 1. The molecule has 0 atom stereocenters. The fourth-order valence-corrected chi connectivity index (χ4v) is 4.85. The maximum atomic E-state index is 13.3. The van der Waals surface area contributed by atoms with Gasteiger partial charge < -0.3 is 4.90 Å². The van der Waals surface area contributed by atoms with E-state index in [4.69, 9.17) is 0 Å². The van der Waals surface area contributed by atoms with Crippen LogP contribution in [-0.4, -0.2) is 29.9 Å². The van der Waals surface area contributed by atoms with E-state index in [0.717, 1.165) is 51.4 Å². The third-order valence-electron chi connectivity index (χ3n) is 6.47. The van der Waals surface area contributed by atoms with E-state index in [-0.39, 0.29) is 11.1 Å². The summed E-state index contributed by atoms with van der Waals surface area (Å²) in [5.41, 5.74) is 6.30. The predicted molar refractivity (Wildman–Crippen MR) is 137 cm³/mol. The number of aryl methyl sites for hydroxylation is 2. The van der Waals surface area contributed by atoms with Crippen molar-refractivity contribution in [1.82, 2.24) is 5.32 Å². The van der Waals surface area contributed by atoms with Gasteiger partial charge in [-0.2, -0.15) is 0 Å². The summed E-state index contributed by atoms with van der Waals surface area (Å²) in [6.07, 6.45) is 4.88. The number of nitrogens with one attached hydrogen (secondary N) is 1. The molecule has 0 saturated carbocycles. The number of rotatable bonds is 4. The minimum atomic E-state index is -0.740. The van der Waals surface area contributed by atoms with Gasteiger partial charge in [0.25, 0.3) is 11.8 Å². The summed E-state index contributed by atoms with van der Waals surface area (Å²) >= 11 is 0. The van der Waals surface area contributed by atoms with Crippen molar-refractivity contribution in [1.29, 1.82) is 0 Å². The van der Waals surface area contributed by atoms with Crippen LogP contribution in [0.3, 0.4) is 0 Å². The van der Waals surface area contributed by atoms with E-state index in [1.54, 1.807) is 24.3 Å². The maximum Gasteiger partial charge on any atom is 0.335 e. The zero-order chi connectivity index (χ0) is 24.8. The number of hydrogen-bond acceptors (Lipinski definition) is 4. The topological polar surface area (TPSA) is 69.7 Å². The van der Waals surface area contributed by atoms with E-state index in [2.05, 4.69) is 50.1 Å². The number of nitrogens with zero attached hydrogens (tertiary/aromatic N) is 2. The van der Waals surface area contributed by atoms with Crippen molar-refractivity contribution in [2.24, 2.45) is 0 Å². The van der Waals surface area contributed by atoms with Crippen LogP contribution < -0.4 is 15.1 Å². The van der Waals surface area contributed by atoms with Crippen molar-refractivity contribution in [2.45, 2.75) is 53.5 Å². The van der Waals surface area contributed by atoms with Crippen molar-refractivity contribution < 1.29 is 14.4 Å². The molecule has 2 aliphatic heterocycles. The van der Waals surface area contributed by atoms with Gasteiger partial charge in [-0.15, -0.1) is 0 Å². The van der Waals surface area contributed by atoms with Crippen molar-refractivity contribution in [2.75, 3.05) is 16.3 Å². The number of allylic oxidation sites excluding steroid dienone is 1. The van der Waals surface area contributed by atoms with Crippen LogP contribution >= 0.6 is 0 Å². The molecular weight excluding hydrogens is 426 g/mol. The molecule has 1 saturated heterocycles. The van der Waals surface area contributed by atoms with Crippen LogP contribution in [0.25, 0.3) is 11.6 Å². The summed E-state index contributed by atoms with van der Waals surface area (Å²) in [4.78, 5) is 41.9. The van der Waals surface area contributed by atoms with Crippen LogP contribution in [0.15, 0.2) is 48.0 Å². The minimum Gasteiger partial charge on any atom is -0.362 e. The highest BCUT2D eigenvalue weighted by atomic mass is 16.2. The highest BCUT2D eigenvalue weighted by Crippen LogP contribution is 2.40. The average Bonchev–Trinajstić information content (AvgIpc) is 2.74. The Bertz CT molecular complexity index is 1270. The van der Waals surface area contributed by atoms with E-state index in [1.807, 2.05) is 26.0 Å². The van der Waals surface area contributed by atoms with Crippen molar-refractivity contribution in [3.8, 4) is 0 Å². The molecular formula is C28H31N3O3. The second-order valence-corrected chi connectivity index (χ2v) is 9.66. The lowest BCUT2D eigenvalue weighted by molar-refractivity contribution is -0.122. The minimum absolute atomic E-state index is 0.0626. The van der Waals surface area contributed by atoms with E-state index in [0.29, 0.717) is 5.69 Å². The maximum absolute atomic E-state index is 13.3. The molecule has 0 bridgehead atoms. The third-order valence-corrected chi connectivity index (χ3v) is 6.47. The molecule has 6 nitrogen and oxygen atoms in total. The first-order chi connectivity index (χ1) is 16.0. The molecule has 0 spiro atoms. The van der Waals surface area contributed by atoms with Crippen LogP contribution in [0, 0.1) is 13.8 Å². The van der Waals surface area contributed by atoms with Crippen LogP contribution in [0.1, 0.15) is 56.4 Å². The molecule has 34 heavy (non-hydrogen) atoms. The number of hydrogen-bond donors (Lipinski definition) is 1.